The van der Waals surface area contributed by atoms with E-state index < -0.39 is 0 Å². The summed E-state index contributed by atoms with van der Waals surface area (Å²) in [4.78, 5) is 23.3. The number of benzene rings is 2. The van der Waals surface area contributed by atoms with Gasteiger partial charge in [0.15, 0.2) is 0 Å². The lowest BCUT2D eigenvalue weighted by Gasteiger charge is -2.30. The summed E-state index contributed by atoms with van der Waals surface area (Å²) < 4.78 is 13.7. The van der Waals surface area contributed by atoms with Crippen LogP contribution < -0.4 is 15.5 Å². The number of nitrogens with one attached hydrogen (secondary N) is 3. The fraction of sp³-hybridized carbons (Fsp3) is 0.130. The van der Waals surface area contributed by atoms with E-state index in [2.05, 4.69) is 25.5 Å². The van der Waals surface area contributed by atoms with Gasteiger partial charge in [0.25, 0.3) is 0 Å². The number of carbonyl (C=O) groups is 1. The fourth-order valence-electron chi connectivity index (χ4n) is 3.67. The Bertz CT molecular complexity index is 1290. The Balaban J connectivity index is 1.38. The second-order valence-corrected chi connectivity index (χ2v) is 8.38. The molecule has 2 aromatic heterocycles. The summed E-state index contributed by atoms with van der Waals surface area (Å²) in [6.45, 7) is 2.41. The summed E-state index contributed by atoms with van der Waals surface area (Å²) in [5, 5.41) is 6.75. The highest BCUT2D eigenvalue weighted by Crippen LogP contribution is 2.40. The third kappa shape index (κ3) is 3.82. The van der Waals surface area contributed by atoms with E-state index in [4.69, 9.17) is 0 Å². The van der Waals surface area contributed by atoms with Crippen molar-refractivity contribution in [2.45, 2.75) is 11.8 Å². The number of H-pyrrole nitrogens is 1. The van der Waals surface area contributed by atoms with Crippen LogP contribution in [-0.2, 0) is 0 Å². The van der Waals surface area contributed by atoms with Gasteiger partial charge in [0.05, 0.1) is 17.1 Å². The molecule has 31 heavy (non-hydrogen) atoms. The molecule has 5 rings (SSSR count). The number of amides is 2. The van der Waals surface area contributed by atoms with Crippen LogP contribution >= 0.6 is 11.8 Å². The van der Waals surface area contributed by atoms with Gasteiger partial charge in [0, 0.05) is 40.0 Å². The number of halogens is 1. The van der Waals surface area contributed by atoms with Gasteiger partial charge in [0.1, 0.15) is 11.6 Å². The molecule has 0 unspecified atom stereocenters. The fourth-order valence-corrected chi connectivity index (χ4v) is 4.65. The zero-order valence-electron chi connectivity index (χ0n) is 16.8. The average Bonchev–Trinajstić information content (AvgIpc) is 3.18. The number of pyridine rings is 1. The molecular formula is C23H20FN5OS. The van der Waals surface area contributed by atoms with Crippen molar-refractivity contribution in [3.8, 4) is 0 Å². The highest BCUT2D eigenvalue weighted by molar-refractivity contribution is 7.99. The van der Waals surface area contributed by atoms with Gasteiger partial charge in [-0.25, -0.2) is 14.2 Å². The number of aryl methyl sites for hydroxylation is 1. The molecule has 1 aliphatic heterocycles. The molecular weight excluding hydrogens is 413 g/mol. The molecule has 3 heterocycles. The number of rotatable bonds is 3. The normalized spacial score (nSPS) is 13.2. The van der Waals surface area contributed by atoms with Crippen LogP contribution in [0.1, 0.15) is 5.69 Å². The standard InChI is InChI=1S/C23H20FN5OS/c1-14-17(24)7-9-22(26-14)29-10-11-31-21-8-6-15(12-20(21)29)27-23(30)28-19-13-25-18-5-3-2-4-16(18)19/h2-9,12-13,25H,10-11H2,1H3,(H2,27,28,30). The van der Waals surface area contributed by atoms with Crippen molar-refractivity contribution in [2.75, 3.05) is 27.8 Å². The van der Waals surface area contributed by atoms with Crippen LogP contribution in [0.3, 0.4) is 0 Å². The second kappa shape index (κ2) is 7.96. The largest absolute Gasteiger partial charge is 0.359 e. The predicted molar refractivity (Wildman–Crippen MR) is 124 cm³/mol. The smallest absolute Gasteiger partial charge is 0.323 e. The predicted octanol–water partition coefficient (Wildman–Crippen LogP) is 5.90. The summed E-state index contributed by atoms with van der Waals surface area (Å²) >= 11 is 1.75. The van der Waals surface area contributed by atoms with Gasteiger partial charge < -0.3 is 20.5 Å². The molecule has 0 atom stereocenters. The first kappa shape index (κ1) is 19.4. The number of urea groups is 1. The first-order valence-corrected chi connectivity index (χ1v) is 10.9. The van der Waals surface area contributed by atoms with Crippen molar-refractivity contribution in [2.24, 2.45) is 0 Å². The van der Waals surface area contributed by atoms with Crippen LogP contribution in [0.2, 0.25) is 0 Å². The van der Waals surface area contributed by atoms with Gasteiger partial charge in [-0.1, -0.05) is 18.2 Å². The Morgan fingerprint density at radius 3 is 2.90 bits per heavy atom. The number of nitrogens with zero attached hydrogens (tertiary/aromatic N) is 2. The molecule has 1 aliphatic rings. The number of thioether (sulfide) groups is 1. The molecule has 0 spiro atoms. The van der Waals surface area contributed by atoms with E-state index in [-0.39, 0.29) is 11.8 Å². The van der Waals surface area contributed by atoms with Gasteiger partial charge in [-0.3, -0.25) is 0 Å². The van der Waals surface area contributed by atoms with Crippen molar-refractivity contribution >= 4 is 51.6 Å². The van der Waals surface area contributed by atoms with E-state index in [1.807, 2.05) is 42.5 Å². The van der Waals surface area contributed by atoms with Crippen LogP contribution in [-0.4, -0.2) is 28.3 Å². The minimum absolute atomic E-state index is 0.320. The lowest BCUT2D eigenvalue weighted by Crippen LogP contribution is -2.26. The second-order valence-electron chi connectivity index (χ2n) is 7.25. The third-order valence-electron chi connectivity index (χ3n) is 5.20. The lowest BCUT2D eigenvalue weighted by atomic mass is 10.2. The SMILES string of the molecule is Cc1nc(N2CCSc3ccc(NC(=O)Nc4c[nH]c5ccccc45)cc32)ccc1F. The average molecular weight is 434 g/mol. The van der Waals surface area contributed by atoms with Crippen molar-refractivity contribution in [1.82, 2.24) is 9.97 Å². The molecule has 0 fully saturated rings. The van der Waals surface area contributed by atoms with Crippen molar-refractivity contribution in [1.29, 1.82) is 0 Å². The van der Waals surface area contributed by atoms with Crippen LogP contribution in [0.25, 0.3) is 10.9 Å². The van der Waals surface area contributed by atoms with Crippen molar-refractivity contribution in [3.05, 3.63) is 72.3 Å². The van der Waals surface area contributed by atoms with E-state index in [0.29, 0.717) is 22.9 Å². The molecule has 156 valence electrons. The number of aromatic amines is 1. The maximum atomic E-state index is 13.7. The van der Waals surface area contributed by atoms with Crippen LogP contribution in [0.15, 0.2) is 65.7 Å². The van der Waals surface area contributed by atoms with Gasteiger partial charge in [-0.15, -0.1) is 11.8 Å². The Morgan fingerprint density at radius 1 is 1.16 bits per heavy atom. The summed E-state index contributed by atoms with van der Waals surface area (Å²) in [5.74, 6) is 1.28. The number of fused-ring (bicyclic) bond motifs is 2. The Hall–Kier alpha value is -3.52. The zero-order chi connectivity index (χ0) is 21.4. The molecule has 4 aromatic rings. The van der Waals surface area contributed by atoms with E-state index in [0.717, 1.165) is 33.8 Å². The molecule has 2 aromatic carbocycles. The molecule has 0 bridgehead atoms. The van der Waals surface area contributed by atoms with Gasteiger partial charge >= 0.3 is 6.03 Å². The summed E-state index contributed by atoms with van der Waals surface area (Å²) in [5.41, 5.74) is 3.65. The van der Waals surface area contributed by atoms with Crippen LogP contribution in [0.4, 0.5) is 32.1 Å². The number of hydrogen-bond donors (Lipinski definition) is 3. The van der Waals surface area contributed by atoms with Gasteiger partial charge in [0.2, 0.25) is 0 Å². The summed E-state index contributed by atoms with van der Waals surface area (Å²) in [6.07, 6.45) is 1.78. The molecule has 0 saturated carbocycles. The van der Waals surface area contributed by atoms with E-state index in [1.165, 1.54) is 6.07 Å². The highest BCUT2D eigenvalue weighted by atomic mass is 32.2. The first-order valence-electron chi connectivity index (χ1n) is 9.90. The van der Waals surface area contributed by atoms with E-state index in [1.54, 1.807) is 30.9 Å². The number of para-hydroxylation sites is 1. The molecule has 8 heteroatoms. The Labute approximate surface area is 182 Å². The van der Waals surface area contributed by atoms with E-state index >= 15 is 0 Å². The quantitative estimate of drug-likeness (QED) is 0.376. The number of aromatic nitrogens is 2. The van der Waals surface area contributed by atoms with E-state index in [9.17, 15) is 9.18 Å². The summed E-state index contributed by atoms with van der Waals surface area (Å²) in [6, 6.07) is 16.4. The highest BCUT2D eigenvalue weighted by Gasteiger charge is 2.21. The Morgan fingerprint density at radius 2 is 2.03 bits per heavy atom. The van der Waals surface area contributed by atoms with Crippen LogP contribution in [0.5, 0.6) is 0 Å². The molecule has 0 radical (unpaired) electrons. The minimum Gasteiger partial charge on any atom is -0.359 e. The molecule has 3 N–H and O–H groups in total. The maximum absolute atomic E-state index is 13.7. The minimum atomic E-state index is -0.324. The van der Waals surface area contributed by atoms with Crippen molar-refractivity contribution < 1.29 is 9.18 Å². The van der Waals surface area contributed by atoms with Crippen molar-refractivity contribution in [3.63, 3.8) is 0 Å². The topological polar surface area (TPSA) is 73.1 Å². The van der Waals surface area contributed by atoms with Crippen LogP contribution in [0, 0.1) is 12.7 Å². The lowest BCUT2D eigenvalue weighted by molar-refractivity contribution is 0.262. The molecule has 6 nitrogen and oxygen atoms in total. The number of anilines is 4. The Kier molecular flexibility index (Phi) is 4.99. The number of hydrogen-bond acceptors (Lipinski definition) is 4. The third-order valence-corrected chi connectivity index (χ3v) is 6.24. The monoisotopic (exact) mass is 433 g/mol. The molecule has 0 aliphatic carbocycles. The molecule has 0 saturated heterocycles. The summed E-state index contributed by atoms with van der Waals surface area (Å²) in [7, 11) is 0. The van der Waals surface area contributed by atoms with Gasteiger partial charge in [-0.2, -0.15) is 0 Å². The maximum Gasteiger partial charge on any atom is 0.323 e. The first-order chi connectivity index (χ1) is 15.1. The number of carbonyl (C=O) groups excluding carboxylic acids is 1. The zero-order valence-corrected chi connectivity index (χ0v) is 17.6. The van der Waals surface area contributed by atoms with Gasteiger partial charge in [-0.05, 0) is 43.3 Å². The molecule has 2 amide bonds.